The number of hydrogen-bond acceptors (Lipinski definition) is 5. The molecule has 0 aliphatic rings. The van der Waals surface area contributed by atoms with Gasteiger partial charge in [0.1, 0.15) is 11.5 Å². The molecule has 0 aromatic heterocycles. The smallest absolute Gasteiger partial charge is 0.264 e. The average molecular weight is 441 g/mol. The molecule has 3 aromatic carbocycles. The number of nitrogens with one attached hydrogen (secondary N) is 1. The van der Waals surface area contributed by atoms with E-state index in [9.17, 15) is 13.2 Å². The molecule has 0 aliphatic heterocycles. The van der Waals surface area contributed by atoms with Gasteiger partial charge in [-0.1, -0.05) is 24.3 Å². The maximum Gasteiger partial charge on any atom is 0.264 e. The Morgan fingerprint density at radius 1 is 0.935 bits per heavy atom. The van der Waals surface area contributed by atoms with Gasteiger partial charge in [0.25, 0.3) is 15.9 Å². The Morgan fingerprint density at radius 3 is 2.35 bits per heavy atom. The first kappa shape index (κ1) is 22.2. The third-order valence-electron chi connectivity index (χ3n) is 4.81. The minimum absolute atomic E-state index is 0.180. The average Bonchev–Trinajstić information content (AvgIpc) is 2.82. The van der Waals surface area contributed by atoms with Crippen LogP contribution in [0, 0.1) is 0 Å². The number of carbonyl (C=O) groups excluding carboxylic acids is 1. The van der Waals surface area contributed by atoms with Crippen molar-refractivity contribution in [3.63, 3.8) is 0 Å². The summed E-state index contributed by atoms with van der Waals surface area (Å²) in [6.07, 6.45) is 0. The molecule has 0 saturated heterocycles. The number of hydrogen-bond donors (Lipinski definition) is 1. The molecule has 0 atom stereocenters. The molecular formula is C23H24N2O5S. The molecule has 3 aromatic rings. The summed E-state index contributed by atoms with van der Waals surface area (Å²) in [5.74, 6) is 0.926. The molecule has 162 valence electrons. The van der Waals surface area contributed by atoms with E-state index in [2.05, 4.69) is 5.32 Å². The van der Waals surface area contributed by atoms with Crippen molar-refractivity contribution in [2.75, 3.05) is 25.6 Å². The summed E-state index contributed by atoms with van der Waals surface area (Å²) < 4.78 is 37.4. The van der Waals surface area contributed by atoms with Gasteiger partial charge in [-0.25, -0.2) is 8.42 Å². The maximum absolute atomic E-state index is 12.8. The first-order chi connectivity index (χ1) is 14.9. The van der Waals surface area contributed by atoms with E-state index in [-0.39, 0.29) is 17.3 Å². The highest BCUT2D eigenvalue weighted by Gasteiger charge is 2.21. The maximum atomic E-state index is 12.8. The van der Waals surface area contributed by atoms with Crippen LogP contribution in [0.15, 0.2) is 77.7 Å². The van der Waals surface area contributed by atoms with Crippen LogP contribution in [0.5, 0.6) is 11.5 Å². The van der Waals surface area contributed by atoms with E-state index in [0.29, 0.717) is 22.7 Å². The van der Waals surface area contributed by atoms with Gasteiger partial charge in [-0.3, -0.25) is 9.10 Å². The number of sulfonamides is 1. The quantitative estimate of drug-likeness (QED) is 0.580. The second kappa shape index (κ2) is 9.53. The monoisotopic (exact) mass is 440 g/mol. The normalized spacial score (nSPS) is 10.9. The van der Waals surface area contributed by atoms with E-state index in [0.717, 1.165) is 9.87 Å². The van der Waals surface area contributed by atoms with Crippen LogP contribution in [-0.4, -0.2) is 35.6 Å². The number of rotatable bonds is 8. The molecule has 8 heteroatoms. The van der Waals surface area contributed by atoms with E-state index >= 15 is 0 Å². The molecule has 0 fully saturated rings. The van der Waals surface area contributed by atoms with Crippen molar-refractivity contribution in [3.8, 4) is 11.5 Å². The Labute approximate surface area is 182 Å². The lowest BCUT2D eigenvalue weighted by molar-refractivity contribution is 0.0950. The minimum atomic E-state index is -3.73. The predicted molar refractivity (Wildman–Crippen MR) is 119 cm³/mol. The van der Waals surface area contributed by atoms with Crippen molar-refractivity contribution in [1.82, 2.24) is 5.32 Å². The lowest BCUT2D eigenvalue weighted by atomic mass is 10.1. The summed E-state index contributed by atoms with van der Waals surface area (Å²) in [6.45, 7) is 0.244. The molecule has 0 radical (unpaired) electrons. The highest BCUT2D eigenvalue weighted by Crippen LogP contribution is 2.25. The number of nitrogens with zero attached hydrogens (tertiary/aromatic N) is 1. The van der Waals surface area contributed by atoms with Gasteiger partial charge in [-0.05, 0) is 42.5 Å². The van der Waals surface area contributed by atoms with Crippen molar-refractivity contribution < 1.29 is 22.7 Å². The third kappa shape index (κ3) is 4.97. The Hall–Kier alpha value is -3.52. The molecule has 0 saturated carbocycles. The van der Waals surface area contributed by atoms with E-state index in [1.54, 1.807) is 68.8 Å². The van der Waals surface area contributed by atoms with Crippen LogP contribution in [0.2, 0.25) is 0 Å². The van der Waals surface area contributed by atoms with Crippen LogP contribution in [-0.2, 0) is 16.6 Å². The summed E-state index contributed by atoms with van der Waals surface area (Å²) in [6, 6.07) is 20.0. The predicted octanol–water partition coefficient (Wildman–Crippen LogP) is 3.46. The summed E-state index contributed by atoms with van der Waals surface area (Å²) in [5.41, 5.74) is 1.52. The Balaban J connectivity index is 1.76. The van der Waals surface area contributed by atoms with E-state index in [1.165, 1.54) is 19.2 Å². The molecule has 0 aliphatic carbocycles. The van der Waals surface area contributed by atoms with E-state index < -0.39 is 10.0 Å². The van der Waals surface area contributed by atoms with Crippen LogP contribution >= 0.6 is 0 Å². The standard InChI is InChI=1S/C23H24N2O5S/c1-25(31(27,28)21-10-5-4-6-11-21)19-9-7-8-17(14-19)23(26)24-16-18-12-13-20(29-2)15-22(18)30-3/h4-15H,16H2,1-3H3,(H,24,26). The Bertz CT molecular complexity index is 1160. The number of methoxy groups -OCH3 is 2. The number of amides is 1. The summed E-state index contributed by atoms with van der Waals surface area (Å²) in [7, 11) is 0.844. The number of anilines is 1. The van der Waals surface area contributed by atoms with Gasteiger partial charge in [-0.15, -0.1) is 0 Å². The Morgan fingerprint density at radius 2 is 1.68 bits per heavy atom. The zero-order chi connectivity index (χ0) is 22.4. The molecule has 1 amide bonds. The zero-order valence-corrected chi connectivity index (χ0v) is 18.3. The fraction of sp³-hybridized carbons (Fsp3) is 0.174. The minimum Gasteiger partial charge on any atom is -0.497 e. The highest BCUT2D eigenvalue weighted by atomic mass is 32.2. The molecule has 0 spiro atoms. The first-order valence-electron chi connectivity index (χ1n) is 9.50. The Kier molecular flexibility index (Phi) is 6.81. The van der Waals surface area contributed by atoms with Gasteiger partial charge in [0.2, 0.25) is 0 Å². The topological polar surface area (TPSA) is 84.9 Å². The third-order valence-corrected chi connectivity index (χ3v) is 6.61. The fourth-order valence-corrected chi connectivity index (χ4v) is 4.22. The SMILES string of the molecule is COc1ccc(CNC(=O)c2cccc(N(C)S(=O)(=O)c3ccccc3)c2)c(OC)c1. The molecule has 3 rings (SSSR count). The van der Waals surface area contributed by atoms with Crippen LogP contribution < -0.4 is 19.1 Å². The fourth-order valence-electron chi connectivity index (χ4n) is 3.01. The lowest BCUT2D eigenvalue weighted by Gasteiger charge is -2.20. The second-order valence-electron chi connectivity index (χ2n) is 6.70. The van der Waals surface area contributed by atoms with Crippen molar-refractivity contribution in [1.29, 1.82) is 0 Å². The van der Waals surface area contributed by atoms with Crippen molar-refractivity contribution >= 4 is 21.6 Å². The van der Waals surface area contributed by atoms with Gasteiger partial charge < -0.3 is 14.8 Å². The van der Waals surface area contributed by atoms with Crippen molar-refractivity contribution in [3.05, 3.63) is 83.9 Å². The van der Waals surface area contributed by atoms with Crippen LogP contribution in [0.25, 0.3) is 0 Å². The van der Waals surface area contributed by atoms with E-state index in [4.69, 9.17) is 9.47 Å². The number of carbonyl (C=O) groups is 1. The molecule has 0 bridgehead atoms. The largest absolute Gasteiger partial charge is 0.497 e. The lowest BCUT2D eigenvalue weighted by Crippen LogP contribution is -2.27. The molecule has 7 nitrogen and oxygen atoms in total. The van der Waals surface area contributed by atoms with Gasteiger partial charge in [0.15, 0.2) is 0 Å². The van der Waals surface area contributed by atoms with Crippen LogP contribution in [0.3, 0.4) is 0 Å². The summed E-state index contributed by atoms with van der Waals surface area (Å²) >= 11 is 0. The van der Waals surface area contributed by atoms with Gasteiger partial charge in [0.05, 0.1) is 24.8 Å². The van der Waals surface area contributed by atoms with Gasteiger partial charge >= 0.3 is 0 Å². The van der Waals surface area contributed by atoms with Crippen LogP contribution in [0.4, 0.5) is 5.69 Å². The molecule has 31 heavy (non-hydrogen) atoms. The number of ether oxygens (including phenoxy) is 2. The van der Waals surface area contributed by atoms with Crippen LogP contribution in [0.1, 0.15) is 15.9 Å². The van der Waals surface area contributed by atoms with Gasteiger partial charge in [0, 0.05) is 30.8 Å². The molecule has 1 N–H and O–H groups in total. The van der Waals surface area contributed by atoms with E-state index in [1.807, 2.05) is 6.07 Å². The van der Waals surface area contributed by atoms with Gasteiger partial charge in [-0.2, -0.15) is 0 Å². The zero-order valence-electron chi connectivity index (χ0n) is 17.5. The summed E-state index contributed by atoms with van der Waals surface area (Å²) in [5, 5.41) is 2.84. The number of benzene rings is 3. The second-order valence-corrected chi connectivity index (χ2v) is 8.67. The molecule has 0 unspecified atom stereocenters. The van der Waals surface area contributed by atoms with Crippen molar-refractivity contribution in [2.24, 2.45) is 0 Å². The summed E-state index contributed by atoms with van der Waals surface area (Å²) in [4.78, 5) is 12.9. The highest BCUT2D eigenvalue weighted by molar-refractivity contribution is 7.92. The molecule has 0 heterocycles. The van der Waals surface area contributed by atoms with Crippen molar-refractivity contribution in [2.45, 2.75) is 11.4 Å². The first-order valence-corrected chi connectivity index (χ1v) is 10.9. The molecular weight excluding hydrogens is 416 g/mol.